The Morgan fingerprint density at radius 3 is 2.59 bits per heavy atom. The van der Waals surface area contributed by atoms with E-state index in [9.17, 15) is 0 Å². The van der Waals surface area contributed by atoms with Gasteiger partial charge in [0.25, 0.3) is 0 Å². The van der Waals surface area contributed by atoms with E-state index in [1.54, 1.807) is 0 Å². The van der Waals surface area contributed by atoms with Gasteiger partial charge in [-0.2, -0.15) is 11.8 Å². The number of thiophene rings is 1. The number of hydrogen-bond acceptors (Lipinski definition) is 4. The van der Waals surface area contributed by atoms with E-state index in [1.807, 2.05) is 23.1 Å². The van der Waals surface area contributed by atoms with Crippen LogP contribution in [-0.2, 0) is 12.8 Å². The predicted molar refractivity (Wildman–Crippen MR) is 80.7 cm³/mol. The topological polar surface area (TPSA) is 38.0 Å². The van der Waals surface area contributed by atoms with Crippen LogP contribution in [0.25, 0.3) is 0 Å². The first-order valence-electron chi connectivity index (χ1n) is 6.34. The van der Waals surface area contributed by atoms with Gasteiger partial charge in [0.1, 0.15) is 0 Å². The molecule has 0 amide bonds. The number of nitrogens with one attached hydrogen (secondary N) is 1. The summed E-state index contributed by atoms with van der Waals surface area (Å²) in [4.78, 5) is 2.90. The van der Waals surface area contributed by atoms with Gasteiger partial charge in [0.2, 0.25) is 0 Å². The third-order valence-corrected chi connectivity index (χ3v) is 5.65. The predicted octanol–water partition coefficient (Wildman–Crippen LogP) is 3.22. The number of hydrazine groups is 1. The maximum Gasteiger partial charge on any atom is 0.0349 e. The van der Waals surface area contributed by atoms with Crippen molar-refractivity contribution in [2.75, 3.05) is 5.75 Å². The van der Waals surface area contributed by atoms with Crippen molar-refractivity contribution < 1.29 is 0 Å². The summed E-state index contributed by atoms with van der Waals surface area (Å²) in [6, 6.07) is 4.86. The minimum Gasteiger partial charge on any atom is -0.271 e. The fraction of sp³-hybridized carbons (Fsp3) is 0.692. The first-order valence-corrected chi connectivity index (χ1v) is 8.21. The minimum absolute atomic E-state index is 0.386. The Labute approximate surface area is 113 Å². The third kappa shape index (κ3) is 5.42. The van der Waals surface area contributed by atoms with Crippen molar-refractivity contribution in [2.24, 2.45) is 5.84 Å². The molecule has 0 aliphatic heterocycles. The van der Waals surface area contributed by atoms with E-state index >= 15 is 0 Å². The van der Waals surface area contributed by atoms with Gasteiger partial charge >= 0.3 is 0 Å². The smallest absolute Gasteiger partial charge is 0.0349 e. The molecule has 17 heavy (non-hydrogen) atoms. The molecular weight excluding hydrogens is 248 g/mol. The van der Waals surface area contributed by atoms with Gasteiger partial charge in [-0.15, -0.1) is 11.3 Å². The van der Waals surface area contributed by atoms with Crippen LogP contribution in [0.5, 0.6) is 0 Å². The molecule has 4 heteroatoms. The maximum atomic E-state index is 5.63. The van der Waals surface area contributed by atoms with Gasteiger partial charge in [0.15, 0.2) is 0 Å². The van der Waals surface area contributed by atoms with E-state index in [-0.39, 0.29) is 0 Å². The zero-order valence-electron chi connectivity index (χ0n) is 11.0. The molecule has 2 nitrogen and oxygen atoms in total. The molecule has 0 fully saturated rings. The molecule has 0 bridgehead atoms. The van der Waals surface area contributed by atoms with Crippen molar-refractivity contribution in [1.29, 1.82) is 0 Å². The van der Waals surface area contributed by atoms with E-state index in [1.165, 1.54) is 16.2 Å². The summed E-state index contributed by atoms with van der Waals surface area (Å²) in [6.07, 6.45) is 3.40. The molecular formula is C13H24N2S2. The number of aryl methyl sites for hydroxylation is 1. The van der Waals surface area contributed by atoms with Crippen molar-refractivity contribution in [3.8, 4) is 0 Å². The monoisotopic (exact) mass is 272 g/mol. The summed E-state index contributed by atoms with van der Waals surface area (Å²) in [5.41, 5.74) is 2.94. The van der Waals surface area contributed by atoms with E-state index in [0.29, 0.717) is 6.04 Å². The third-order valence-electron chi connectivity index (χ3n) is 2.91. The minimum atomic E-state index is 0.386. The first kappa shape index (κ1) is 15.0. The molecule has 0 radical (unpaired) electrons. The van der Waals surface area contributed by atoms with Gasteiger partial charge in [-0.1, -0.05) is 20.8 Å². The molecule has 0 aliphatic carbocycles. The molecule has 1 aromatic rings. The summed E-state index contributed by atoms with van der Waals surface area (Å²) in [6.45, 7) is 6.71. The van der Waals surface area contributed by atoms with Crippen LogP contribution in [0.1, 0.15) is 36.9 Å². The normalized spacial score (nSPS) is 14.8. The fourth-order valence-corrected chi connectivity index (χ4v) is 3.58. The van der Waals surface area contributed by atoms with Crippen molar-refractivity contribution in [1.82, 2.24) is 5.43 Å². The number of rotatable bonds is 8. The average Bonchev–Trinajstić information content (AvgIpc) is 2.81. The van der Waals surface area contributed by atoms with Gasteiger partial charge in [-0.3, -0.25) is 11.3 Å². The molecule has 3 N–H and O–H groups in total. The molecule has 1 rings (SSSR count). The van der Waals surface area contributed by atoms with Gasteiger partial charge in [-0.05, 0) is 31.4 Å². The SMILES string of the molecule is CCc1ccc(CC(CSC(C)CC)NN)s1. The molecule has 2 atom stereocenters. The van der Waals surface area contributed by atoms with E-state index < -0.39 is 0 Å². The molecule has 1 heterocycles. The molecule has 98 valence electrons. The van der Waals surface area contributed by atoms with Crippen LogP contribution in [0.4, 0.5) is 0 Å². The second kappa shape index (κ2) is 8.14. The highest BCUT2D eigenvalue weighted by Gasteiger charge is 2.11. The standard InChI is InChI=1S/C13H24N2S2/c1-4-10(3)16-9-11(15-14)8-13-7-6-12(5-2)17-13/h6-7,10-11,15H,4-5,8-9,14H2,1-3H3. The quantitative estimate of drug-likeness (QED) is 0.564. The Bertz CT molecular complexity index is 312. The highest BCUT2D eigenvalue weighted by atomic mass is 32.2. The molecule has 1 aromatic heterocycles. The lowest BCUT2D eigenvalue weighted by Crippen LogP contribution is -2.38. The van der Waals surface area contributed by atoms with Crippen molar-refractivity contribution >= 4 is 23.1 Å². The molecule has 0 spiro atoms. The van der Waals surface area contributed by atoms with Gasteiger partial charge in [0, 0.05) is 26.8 Å². The Balaban J connectivity index is 2.40. The van der Waals surface area contributed by atoms with Gasteiger partial charge in [0.05, 0.1) is 0 Å². The number of thioether (sulfide) groups is 1. The zero-order chi connectivity index (χ0) is 12.7. The lowest BCUT2D eigenvalue weighted by molar-refractivity contribution is 0.578. The van der Waals surface area contributed by atoms with Crippen LogP contribution in [0.2, 0.25) is 0 Å². The summed E-state index contributed by atoms with van der Waals surface area (Å²) in [5.74, 6) is 6.72. The van der Waals surface area contributed by atoms with Gasteiger partial charge < -0.3 is 0 Å². The molecule has 0 saturated heterocycles. The van der Waals surface area contributed by atoms with Gasteiger partial charge in [-0.25, -0.2) is 0 Å². The zero-order valence-corrected chi connectivity index (χ0v) is 12.7. The van der Waals surface area contributed by atoms with Crippen LogP contribution < -0.4 is 11.3 Å². The Morgan fingerprint density at radius 1 is 1.35 bits per heavy atom. The molecule has 0 aliphatic rings. The molecule has 0 aromatic carbocycles. The highest BCUT2D eigenvalue weighted by Crippen LogP contribution is 2.21. The second-order valence-corrected chi connectivity index (χ2v) is 7.07. The fourth-order valence-electron chi connectivity index (χ4n) is 1.53. The summed E-state index contributed by atoms with van der Waals surface area (Å²) >= 11 is 3.91. The average molecular weight is 272 g/mol. The molecule has 2 unspecified atom stereocenters. The van der Waals surface area contributed by atoms with Crippen LogP contribution in [0, 0.1) is 0 Å². The Hall–Kier alpha value is -0.0300. The summed E-state index contributed by atoms with van der Waals surface area (Å²) < 4.78 is 0. The van der Waals surface area contributed by atoms with Crippen LogP contribution >= 0.6 is 23.1 Å². The number of nitrogens with two attached hydrogens (primary N) is 1. The molecule has 0 saturated carbocycles. The van der Waals surface area contributed by atoms with E-state index in [2.05, 4.69) is 38.3 Å². The summed E-state index contributed by atoms with van der Waals surface area (Å²) in [5, 5.41) is 0.723. The maximum absolute atomic E-state index is 5.63. The lowest BCUT2D eigenvalue weighted by Gasteiger charge is -2.16. The van der Waals surface area contributed by atoms with Crippen LogP contribution in [-0.4, -0.2) is 17.0 Å². The van der Waals surface area contributed by atoms with Crippen molar-refractivity contribution in [3.05, 3.63) is 21.9 Å². The second-order valence-electron chi connectivity index (χ2n) is 4.34. The van der Waals surface area contributed by atoms with E-state index in [4.69, 9.17) is 5.84 Å². The summed E-state index contributed by atoms with van der Waals surface area (Å²) in [7, 11) is 0. The highest BCUT2D eigenvalue weighted by molar-refractivity contribution is 7.99. The first-order chi connectivity index (χ1) is 8.19. The van der Waals surface area contributed by atoms with Crippen molar-refractivity contribution in [2.45, 2.75) is 51.3 Å². The van der Waals surface area contributed by atoms with E-state index in [0.717, 1.165) is 23.8 Å². The van der Waals surface area contributed by atoms with Crippen LogP contribution in [0.15, 0.2) is 12.1 Å². The number of hydrogen-bond donors (Lipinski definition) is 2. The Kier molecular flexibility index (Phi) is 7.19. The Morgan fingerprint density at radius 2 is 2.06 bits per heavy atom. The largest absolute Gasteiger partial charge is 0.271 e. The lowest BCUT2D eigenvalue weighted by atomic mass is 10.2. The van der Waals surface area contributed by atoms with Crippen LogP contribution in [0.3, 0.4) is 0 Å². The van der Waals surface area contributed by atoms with Crippen molar-refractivity contribution in [3.63, 3.8) is 0 Å².